The first kappa shape index (κ1) is 13.8. The number of carbonyl (C=O) groups excluding carboxylic acids is 1. The summed E-state index contributed by atoms with van der Waals surface area (Å²) in [6.45, 7) is 6.47. The quantitative estimate of drug-likeness (QED) is 0.675. The first-order valence-corrected chi connectivity index (χ1v) is 6.47. The van der Waals surface area contributed by atoms with Crippen molar-refractivity contribution in [2.75, 3.05) is 18.6 Å². The third-order valence-electron chi connectivity index (χ3n) is 1.82. The van der Waals surface area contributed by atoms with Crippen molar-refractivity contribution >= 4 is 17.7 Å². The number of amides is 1. The average Bonchev–Trinajstić information content (AvgIpc) is 2.10. The highest BCUT2D eigenvalue weighted by Gasteiger charge is 2.05. The van der Waals surface area contributed by atoms with E-state index in [1.165, 1.54) is 0 Å². The molecule has 1 unspecified atom stereocenters. The van der Waals surface area contributed by atoms with Crippen molar-refractivity contribution in [2.24, 2.45) is 0 Å². The fourth-order valence-electron chi connectivity index (χ4n) is 1.04. The van der Waals surface area contributed by atoms with Gasteiger partial charge in [0.15, 0.2) is 0 Å². The summed E-state index contributed by atoms with van der Waals surface area (Å²) < 4.78 is 0. The molecular weight excluding hydrogens is 196 g/mol. The Kier molecular flexibility index (Phi) is 7.99. The van der Waals surface area contributed by atoms with Gasteiger partial charge in [-0.2, -0.15) is 11.8 Å². The van der Waals surface area contributed by atoms with Crippen LogP contribution in [0.5, 0.6) is 0 Å². The van der Waals surface area contributed by atoms with E-state index in [1.54, 1.807) is 0 Å². The van der Waals surface area contributed by atoms with Gasteiger partial charge < -0.3 is 10.6 Å². The van der Waals surface area contributed by atoms with Gasteiger partial charge in [-0.25, -0.2) is 0 Å². The largest absolute Gasteiger partial charge is 0.353 e. The molecule has 0 aliphatic heterocycles. The smallest absolute Gasteiger partial charge is 0.234 e. The Morgan fingerprint density at radius 1 is 1.36 bits per heavy atom. The highest BCUT2D eigenvalue weighted by Crippen LogP contribution is 1.99. The Bertz CT molecular complexity index is 162. The molecule has 0 aliphatic rings. The second-order valence-electron chi connectivity index (χ2n) is 3.79. The molecule has 14 heavy (non-hydrogen) atoms. The first-order chi connectivity index (χ1) is 6.56. The Morgan fingerprint density at radius 2 is 2.00 bits per heavy atom. The maximum absolute atomic E-state index is 11.3. The van der Waals surface area contributed by atoms with Crippen LogP contribution in [0.1, 0.15) is 27.2 Å². The Morgan fingerprint density at radius 3 is 2.50 bits per heavy atom. The lowest BCUT2D eigenvalue weighted by molar-refractivity contribution is -0.120. The predicted octanol–water partition coefficient (Wildman–Crippen LogP) is 1.24. The van der Waals surface area contributed by atoms with Gasteiger partial charge >= 0.3 is 0 Å². The lowest BCUT2D eigenvalue weighted by Crippen LogP contribution is -2.40. The normalized spacial score (nSPS) is 12.9. The maximum Gasteiger partial charge on any atom is 0.234 e. The molecule has 0 saturated heterocycles. The van der Waals surface area contributed by atoms with Crippen LogP contribution in [0.2, 0.25) is 0 Å². The van der Waals surface area contributed by atoms with E-state index in [0.717, 1.165) is 12.2 Å². The summed E-state index contributed by atoms with van der Waals surface area (Å²) in [4.78, 5) is 11.3. The van der Waals surface area contributed by atoms with E-state index in [1.807, 2.05) is 25.6 Å². The van der Waals surface area contributed by atoms with Gasteiger partial charge in [0.25, 0.3) is 0 Å². The SMILES string of the molecule is CSCCC(C)NCC(=O)NC(C)C. The summed E-state index contributed by atoms with van der Waals surface area (Å²) >= 11 is 1.83. The Labute approximate surface area is 91.4 Å². The van der Waals surface area contributed by atoms with Crippen LogP contribution >= 0.6 is 11.8 Å². The number of rotatable bonds is 7. The summed E-state index contributed by atoms with van der Waals surface area (Å²) in [7, 11) is 0. The zero-order valence-electron chi connectivity index (χ0n) is 9.59. The van der Waals surface area contributed by atoms with Crippen molar-refractivity contribution in [3.05, 3.63) is 0 Å². The molecule has 0 aromatic carbocycles. The van der Waals surface area contributed by atoms with E-state index in [2.05, 4.69) is 23.8 Å². The monoisotopic (exact) mass is 218 g/mol. The number of hydrogen-bond acceptors (Lipinski definition) is 3. The molecule has 1 amide bonds. The van der Waals surface area contributed by atoms with Gasteiger partial charge in [0.2, 0.25) is 5.91 Å². The van der Waals surface area contributed by atoms with Gasteiger partial charge in [0.1, 0.15) is 0 Å². The highest BCUT2D eigenvalue weighted by molar-refractivity contribution is 7.98. The molecular formula is C10H22N2OS. The lowest BCUT2D eigenvalue weighted by Gasteiger charge is -2.14. The summed E-state index contributed by atoms with van der Waals surface area (Å²) in [6.07, 6.45) is 3.20. The number of hydrogen-bond donors (Lipinski definition) is 2. The molecule has 0 saturated carbocycles. The maximum atomic E-state index is 11.3. The number of carbonyl (C=O) groups is 1. The minimum Gasteiger partial charge on any atom is -0.353 e. The average molecular weight is 218 g/mol. The molecule has 2 N–H and O–H groups in total. The van der Waals surface area contributed by atoms with Crippen molar-refractivity contribution in [1.82, 2.24) is 10.6 Å². The molecule has 0 bridgehead atoms. The third-order valence-corrected chi connectivity index (χ3v) is 2.46. The van der Waals surface area contributed by atoms with Gasteiger partial charge in [0, 0.05) is 12.1 Å². The minimum atomic E-state index is 0.0796. The van der Waals surface area contributed by atoms with Crippen LogP contribution in [0.4, 0.5) is 0 Å². The van der Waals surface area contributed by atoms with Crippen LogP contribution in [0, 0.1) is 0 Å². The van der Waals surface area contributed by atoms with Gasteiger partial charge in [-0.3, -0.25) is 4.79 Å². The molecule has 1 atom stereocenters. The molecule has 0 aromatic heterocycles. The van der Waals surface area contributed by atoms with Gasteiger partial charge in [-0.05, 0) is 39.2 Å². The molecule has 4 heteroatoms. The number of thioether (sulfide) groups is 1. The van der Waals surface area contributed by atoms with Crippen molar-refractivity contribution in [3.63, 3.8) is 0 Å². The second-order valence-corrected chi connectivity index (χ2v) is 4.77. The van der Waals surface area contributed by atoms with Crippen LogP contribution in [0.15, 0.2) is 0 Å². The third kappa shape index (κ3) is 8.38. The van der Waals surface area contributed by atoms with Gasteiger partial charge in [-0.15, -0.1) is 0 Å². The molecule has 84 valence electrons. The van der Waals surface area contributed by atoms with E-state index in [9.17, 15) is 4.79 Å². The van der Waals surface area contributed by atoms with Gasteiger partial charge in [-0.1, -0.05) is 0 Å². The van der Waals surface area contributed by atoms with Crippen molar-refractivity contribution in [1.29, 1.82) is 0 Å². The molecule has 3 nitrogen and oxygen atoms in total. The molecule has 0 aliphatic carbocycles. The molecule has 0 aromatic rings. The van der Waals surface area contributed by atoms with Crippen LogP contribution < -0.4 is 10.6 Å². The van der Waals surface area contributed by atoms with Crippen LogP contribution in [0.25, 0.3) is 0 Å². The lowest BCUT2D eigenvalue weighted by atomic mass is 10.2. The topological polar surface area (TPSA) is 41.1 Å². The summed E-state index contributed by atoms with van der Waals surface area (Å²) in [6, 6.07) is 0.645. The van der Waals surface area contributed by atoms with Crippen LogP contribution in [-0.2, 0) is 4.79 Å². The number of nitrogens with one attached hydrogen (secondary N) is 2. The summed E-state index contributed by atoms with van der Waals surface area (Å²) in [5, 5.41) is 6.04. The summed E-state index contributed by atoms with van der Waals surface area (Å²) in [5.41, 5.74) is 0. The Hall–Kier alpha value is -0.220. The van der Waals surface area contributed by atoms with E-state index in [-0.39, 0.29) is 11.9 Å². The minimum absolute atomic E-state index is 0.0796. The Balaban J connectivity index is 3.45. The molecule has 0 radical (unpaired) electrons. The standard InChI is InChI=1S/C10H22N2OS/c1-8(2)12-10(13)7-11-9(3)5-6-14-4/h8-9,11H,5-7H2,1-4H3,(H,12,13). The zero-order valence-corrected chi connectivity index (χ0v) is 10.4. The summed E-state index contributed by atoms with van der Waals surface area (Å²) in [5.74, 6) is 1.22. The predicted molar refractivity (Wildman–Crippen MR) is 63.7 cm³/mol. The van der Waals surface area contributed by atoms with Crippen molar-refractivity contribution < 1.29 is 4.79 Å². The first-order valence-electron chi connectivity index (χ1n) is 5.08. The van der Waals surface area contributed by atoms with Gasteiger partial charge in [0.05, 0.1) is 6.54 Å². The van der Waals surface area contributed by atoms with Crippen LogP contribution in [0.3, 0.4) is 0 Å². The van der Waals surface area contributed by atoms with Crippen molar-refractivity contribution in [3.8, 4) is 0 Å². The van der Waals surface area contributed by atoms with E-state index in [0.29, 0.717) is 12.6 Å². The fourth-order valence-corrected chi connectivity index (χ4v) is 1.63. The fraction of sp³-hybridized carbons (Fsp3) is 0.900. The highest BCUT2D eigenvalue weighted by atomic mass is 32.2. The zero-order chi connectivity index (χ0) is 11.0. The van der Waals surface area contributed by atoms with Crippen molar-refractivity contribution in [2.45, 2.75) is 39.3 Å². The molecule has 0 fully saturated rings. The molecule has 0 heterocycles. The van der Waals surface area contributed by atoms with Crippen LogP contribution in [-0.4, -0.2) is 36.5 Å². The second kappa shape index (κ2) is 8.12. The van der Waals surface area contributed by atoms with E-state index < -0.39 is 0 Å². The van der Waals surface area contributed by atoms with E-state index in [4.69, 9.17) is 0 Å². The molecule has 0 spiro atoms. The van der Waals surface area contributed by atoms with E-state index >= 15 is 0 Å². The molecule has 0 rings (SSSR count).